The molecule has 0 fully saturated rings. The molecule has 0 bridgehead atoms. The predicted molar refractivity (Wildman–Crippen MR) is 118 cm³/mol. The van der Waals surface area contributed by atoms with Gasteiger partial charge in [-0.05, 0) is 29.6 Å². The molecule has 0 atom stereocenters. The van der Waals surface area contributed by atoms with E-state index in [1.807, 2.05) is 0 Å². The average Bonchev–Trinajstić information content (AvgIpc) is 2.47. The van der Waals surface area contributed by atoms with E-state index < -0.39 is 16.1 Å². The van der Waals surface area contributed by atoms with Gasteiger partial charge in [-0.25, -0.2) is 0 Å². The Hall–Kier alpha value is -0.866. The number of unbranched alkanes of at least 4 members (excludes halogenated alkanes) is 3. The van der Waals surface area contributed by atoms with Crippen LogP contribution in [0.3, 0.4) is 0 Å². The number of hydrogen-bond acceptors (Lipinski definition) is 0. The second kappa shape index (κ2) is 9.57. The molecule has 1 aromatic carbocycles. The smallest absolute Gasteiger partial charge is 0.0695 e. The summed E-state index contributed by atoms with van der Waals surface area (Å²) < 4.78 is 0. The minimum Gasteiger partial charge on any atom is -0.0913 e. The number of benzene rings is 1. The molecule has 0 aliphatic carbocycles. The van der Waals surface area contributed by atoms with Crippen LogP contribution in [0.15, 0.2) is 47.3 Å². The van der Waals surface area contributed by atoms with Crippen molar-refractivity contribution in [2.75, 3.05) is 0 Å². The number of hydrogen-bond donors (Lipinski definition) is 0. The van der Waals surface area contributed by atoms with E-state index in [0.717, 1.165) is 0 Å². The molecule has 0 heterocycles. The maximum absolute atomic E-state index is 2.65. The van der Waals surface area contributed by atoms with Crippen molar-refractivity contribution in [2.45, 2.75) is 78.3 Å². The molecule has 134 valence electrons. The Labute approximate surface area is 153 Å². The summed E-state index contributed by atoms with van der Waals surface area (Å²) >= 11 is 0. The molecule has 0 nitrogen and oxygen atoms in total. The van der Waals surface area contributed by atoms with Crippen LogP contribution in [-0.4, -0.2) is 16.1 Å². The molecule has 0 unspecified atom stereocenters. The summed E-state index contributed by atoms with van der Waals surface area (Å²) in [5.41, 5.74) is 9.80. The Morgan fingerprint density at radius 1 is 0.792 bits per heavy atom. The molecule has 0 aliphatic rings. The van der Waals surface area contributed by atoms with Crippen LogP contribution in [-0.2, 0) is 0 Å². The molecule has 0 radical (unpaired) electrons. The minimum atomic E-state index is -1.28. The summed E-state index contributed by atoms with van der Waals surface area (Å²) in [7, 11) is -2.53. The molecule has 0 N–H and O–H groups in total. The Bertz CT molecular complexity index is 540. The van der Waals surface area contributed by atoms with Crippen molar-refractivity contribution in [3.05, 3.63) is 52.9 Å². The molecule has 0 saturated carbocycles. The highest BCUT2D eigenvalue weighted by Gasteiger charge is 2.18. The van der Waals surface area contributed by atoms with E-state index in [0.29, 0.717) is 0 Å². The molecule has 24 heavy (non-hydrogen) atoms. The molecule has 2 heteroatoms. The van der Waals surface area contributed by atoms with Crippen molar-refractivity contribution in [1.29, 1.82) is 0 Å². The van der Waals surface area contributed by atoms with Crippen molar-refractivity contribution in [3.8, 4) is 0 Å². The van der Waals surface area contributed by atoms with Crippen LogP contribution in [0.2, 0.25) is 39.3 Å². The van der Waals surface area contributed by atoms with Gasteiger partial charge in [-0.2, -0.15) is 0 Å². The summed E-state index contributed by atoms with van der Waals surface area (Å²) in [5, 5.41) is 0. The van der Waals surface area contributed by atoms with Crippen LogP contribution in [0.4, 0.5) is 0 Å². The van der Waals surface area contributed by atoms with Gasteiger partial charge in [0.2, 0.25) is 0 Å². The topological polar surface area (TPSA) is 0 Å². The molecular weight excluding hydrogens is 320 g/mol. The van der Waals surface area contributed by atoms with Crippen molar-refractivity contribution in [3.63, 3.8) is 0 Å². The summed E-state index contributed by atoms with van der Waals surface area (Å²) in [4.78, 5) is 0. The highest BCUT2D eigenvalue weighted by Crippen LogP contribution is 2.31. The normalized spacial score (nSPS) is 14.1. The van der Waals surface area contributed by atoms with Gasteiger partial charge in [-0.3, -0.25) is 0 Å². The lowest BCUT2D eigenvalue weighted by atomic mass is 9.96. The van der Waals surface area contributed by atoms with Crippen molar-refractivity contribution in [1.82, 2.24) is 0 Å². The lowest BCUT2D eigenvalue weighted by molar-refractivity contribution is 0.669. The largest absolute Gasteiger partial charge is 0.0913 e. The van der Waals surface area contributed by atoms with E-state index in [9.17, 15) is 0 Å². The molecule has 1 rings (SSSR count). The molecule has 0 aliphatic heterocycles. The van der Waals surface area contributed by atoms with E-state index in [1.54, 1.807) is 5.57 Å². The van der Waals surface area contributed by atoms with E-state index in [4.69, 9.17) is 0 Å². The highest BCUT2D eigenvalue weighted by atomic mass is 28.3. The molecular formula is C22H38Si2. The molecule has 0 amide bonds. The minimum absolute atomic E-state index is 1.23. The van der Waals surface area contributed by atoms with Crippen LogP contribution < -0.4 is 0 Å². The van der Waals surface area contributed by atoms with E-state index in [1.165, 1.54) is 43.2 Å². The van der Waals surface area contributed by atoms with E-state index in [2.05, 4.69) is 87.9 Å². The summed E-state index contributed by atoms with van der Waals surface area (Å²) in [6.45, 7) is 17.0. The second-order valence-electron chi connectivity index (χ2n) is 9.14. The van der Waals surface area contributed by atoms with E-state index >= 15 is 0 Å². The molecule has 0 aromatic heterocycles. The van der Waals surface area contributed by atoms with Gasteiger partial charge in [0.05, 0.1) is 16.1 Å². The van der Waals surface area contributed by atoms with Crippen molar-refractivity contribution >= 4 is 21.7 Å². The zero-order valence-electron chi connectivity index (χ0n) is 17.1. The maximum atomic E-state index is 2.65. The molecule has 0 spiro atoms. The SMILES string of the molecule is CCCCCCC(=C\[Si](C)(C)C)/C(=C/[Si](C)(C)C)c1ccccc1. The predicted octanol–water partition coefficient (Wildman–Crippen LogP) is 7.72. The van der Waals surface area contributed by atoms with Gasteiger partial charge >= 0.3 is 0 Å². The molecule has 1 aromatic rings. The number of allylic oxidation sites excluding steroid dienone is 2. The molecule has 0 saturated heterocycles. The van der Waals surface area contributed by atoms with Gasteiger partial charge < -0.3 is 0 Å². The summed E-state index contributed by atoms with van der Waals surface area (Å²) in [5.74, 6) is 0. The van der Waals surface area contributed by atoms with Crippen LogP contribution in [0, 0.1) is 0 Å². The Morgan fingerprint density at radius 2 is 1.38 bits per heavy atom. The fourth-order valence-corrected chi connectivity index (χ4v) is 5.52. The van der Waals surface area contributed by atoms with Gasteiger partial charge in [0.25, 0.3) is 0 Å². The first-order valence-electron chi connectivity index (χ1n) is 9.63. The lowest BCUT2D eigenvalue weighted by Crippen LogP contribution is -2.20. The third-order valence-electron chi connectivity index (χ3n) is 3.92. The van der Waals surface area contributed by atoms with E-state index in [-0.39, 0.29) is 0 Å². The third-order valence-corrected chi connectivity index (χ3v) is 6.28. The first kappa shape index (κ1) is 21.2. The van der Waals surface area contributed by atoms with Crippen LogP contribution in [0.25, 0.3) is 5.57 Å². The van der Waals surface area contributed by atoms with Gasteiger partial charge in [0, 0.05) is 0 Å². The average molecular weight is 359 g/mol. The first-order valence-corrected chi connectivity index (χ1v) is 16.8. The zero-order chi connectivity index (χ0) is 18.2. The second-order valence-corrected chi connectivity index (χ2v) is 19.2. The van der Waals surface area contributed by atoms with Gasteiger partial charge in [0.1, 0.15) is 0 Å². The quantitative estimate of drug-likeness (QED) is 0.241. The van der Waals surface area contributed by atoms with Gasteiger partial charge in [-0.1, -0.05) is 107 Å². The lowest BCUT2D eigenvalue weighted by Gasteiger charge is -2.21. The summed E-state index contributed by atoms with van der Waals surface area (Å²) in [6.07, 6.45) is 6.58. The fraction of sp³-hybridized carbons (Fsp3) is 0.545. The van der Waals surface area contributed by atoms with Crippen LogP contribution in [0.1, 0.15) is 44.6 Å². The number of rotatable bonds is 9. The van der Waals surface area contributed by atoms with Crippen molar-refractivity contribution in [2.24, 2.45) is 0 Å². The van der Waals surface area contributed by atoms with Gasteiger partial charge in [0.15, 0.2) is 0 Å². The Balaban J connectivity index is 3.25. The highest BCUT2D eigenvalue weighted by molar-refractivity contribution is 6.82. The maximum Gasteiger partial charge on any atom is 0.0695 e. The van der Waals surface area contributed by atoms with Crippen molar-refractivity contribution < 1.29 is 0 Å². The standard InChI is InChI=1S/C22H38Si2/c1-8-9-10-12-17-21(18-23(2,3)4)22(19-24(5,6)7)20-15-13-11-14-16-20/h11,13-16,18-19H,8-10,12,17H2,1-7H3/b21-18+,22-19+. The fourth-order valence-electron chi connectivity index (χ4n) is 2.96. The zero-order valence-corrected chi connectivity index (χ0v) is 19.1. The monoisotopic (exact) mass is 358 g/mol. The first-order chi connectivity index (χ1) is 11.1. The van der Waals surface area contributed by atoms with Gasteiger partial charge in [-0.15, -0.1) is 0 Å². The summed E-state index contributed by atoms with van der Waals surface area (Å²) in [6, 6.07) is 11.1. The van der Waals surface area contributed by atoms with Crippen LogP contribution >= 0.6 is 0 Å². The Kier molecular flexibility index (Phi) is 8.45. The third kappa shape index (κ3) is 8.84. The Morgan fingerprint density at radius 3 is 1.88 bits per heavy atom. The van der Waals surface area contributed by atoms with Crippen LogP contribution in [0.5, 0.6) is 0 Å².